The van der Waals surface area contributed by atoms with Crippen molar-refractivity contribution in [1.82, 2.24) is 16.0 Å². The molecule has 0 radical (unpaired) electrons. The summed E-state index contributed by atoms with van der Waals surface area (Å²) in [6.45, 7) is 8.52. The highest BCUT2D eigenvalue weighted by molar-refractivity contribution is 6.03. The van der Waals surface area contributed by atoms with E-state index in [-0.39, 0.29) is 17.6 Å². The summed E-state index contributed by atoms with van der Waals surface area (Å²) in [6.07, 6.45) is 0. The lowest BCUT2D eigenvalue weighted by Gasteiger charge is -2.17. The number of phenols is 1. The van der Waals surface area contributed by atoms with E-state index in [0.29, 0.717) is 91.9 Å². The lowest BCUT2D eigenvalue weighted by atomic mass is 10.1. The van der Waals surface area contributed by atoms with Gasteiger partial charge in [0.25, 0.3) is 11.8 Å². The molecule has 0 atom stereocenters. The van der Waals surface area contributed by atoms with Crippen molar-refractivity contribution >= 4 is 35.0 Å². The molecule has 52 heavy (non-hydrogen) atoms. The van der Waals surface area contributed by atoms with Crippen LogP contribution in [-0.2, 0) is 16.0 Å². The molecule has 6 N–H and O–H groups in total. The summed E-state index contributed by atoms with van der Waals surface area (Å²) < 4.78 is 16.7. The maximum atomic E-state index is 12.9. The van der Waals surface area contributed by atoms with Gasteiger partial charge in [-0.2, -0.15) is 0 Å². The highest BCUT2D eigenvalue weighted by atomic mass is 16.5. The number of rotatable bonds is 18. The minimum atomic E-state index is -0.258. The number of hydrogen-bond donors (Lipinski definition) is 6. The summed E-state index contributed by atoms with van der Waals surface area (Å²) >= 11 is 0. The fourth-order valence-electron chi connectivity index (χ4n) is 4.67. The molecule has 0 fully saturated rings. The van der Waals surface area contributed by atoms with Crippen LogP contribution in [0.3, 0.4) is 0 Å². The molecule has 0 spiro atoms. The number of guanidine groups is 1. The molecule has 4 aromatic carbocycles. The van der Waals surface area contributed by atoms with E-state index in [2.05, 4.69) is 43.1 Å². The normalized spacial score (nSPS) is 11.3. The minimum absolute atomic E-state index is 0.132. The van der Waals surface area contributed by atoms with Crippen LogP contribution in [0.2, 0.25) is 0 Å². The van der Waals surface area contributed by atoms with Crippen LogP contribution < -0.4 is 31.3 Å². The van der Waals surface area contributed by atoms with Gasteiger partial charge in [0.15, 0.2) is 0 Å². The second-order valence-corrected chi connectivity index (χ2v) is 11.2. The van der Waals surface area contributed by atoms with E-state index in [4.69, 9.17) is 14.2 Å². The molecule has 272 valence electrons. The Kier molecular flexibility index (Phi) is 15.7. The Labute approximate surface area is 303 Å². The quantitative estimate of drug-likeness (QED) is 0.0355. The number of carbonyl (C=O) groups excluding carboxylic acids is 2. The number of aromatic hydroxyl groups is 1. The number of hydrogen-bond acceptors (Lipinski definition) is 8. The molecule has 0 aliphatic carbocycles. The first kappa shape index (κ1) is 38.6. The van der Waals surface area contributed by atoms with Gasteiger partial charge in [0.05, 0.1) is 45.6 Å². The summed E-state index contributed by atoms with van der Waals surface area (Å²) in [5.41, 5.74) is 3.29. The monoisotopic (exact) mass is 707 g/mol. The van der Waals surface area contributed by atoms with Crippen LogP contribution >= 0.6 is 0 Å². The molecule has 4 aromatic rings. The predicted octanol–water partition coefficient (Wildman–Crippen LogP) is 5.15. The number of amidine groups is 1. The zero-order chi connectivity index (χ0) is 37.0. The van der Waals surface area contributed by atoms with Crippen LogP contribution in [0.15, 0.2) is 126 Å². The number of anilines is 2. The van der Waals surface area contributed by atoms with E-state index in [1.54, 1.807) is 61.5 Å². The van der Waals surface area contributed by atoms with Gasteiger partial charge in [-0.25, -0.2) is 4.99 Å². The van der Waals surface area contributed by atoms with Crippen LogP contribution in [0.1, 0.15) is 33.2 Å². The van der Waals surface area contributed by atoms with Gasteiger partial charge in [0, 0.05) is 36.1 Å². The fourth-order valence-corrected chi connectivity index (χ4v) is 4.67. The maximum Gasteiger partial charge on any atom is 0.255 e. The molecule has 4 rings (SSSR count). The van der Waals surface area contributed by atoms with Crippen molar-refractivity contribution < 1.29 is 28.9 Å². The Balaban J connectivity index is 1.25. The van der Waals surface area contributed by atoms with Crippen LogP contribution in [0.25, 0.3) is 0 Å². The molecule has 0 saturated heterocycles. The third-order valence-electron chi connectivity index (χ3n) is 7.23. The first-order chi connectivity index (χ1) is 25.3. The molecule has 0 heterocycles. The topological polar surface area (TPSA) is 167 Å². The Hall–Kier alpha value is -6.18. The summed E-state index contributed by atoms with van der Waals surface area (Å²) in [6, 6.07) is 30.3. The third kappa shape index (κ3) is 13.6. The highest BCUT2D eigenvalue weighted by Gasteiger charge is 2.14. The van der Waals surface area contributed by atoms with Gasteiger partial charge >= 0.3 is 0 Å². The number of nitrogens with zero attached hydrogens (tertiary/aromatic N) is 2. The SMILES string of the molecule is C=C(NC(=NC(C)=NCCOCCOCCNC(=O)c1ccccc1)Nc1ccc(O)cc1)Nc1ccc(C(=O)NCc2ccccc2)c(OC)c1. The summed E-state index contributed by atoms with van der Waals surface area (Å²) in [5, 5.41) is 24.9. The summed E-state index contributed by atoms with van der Waals surface area (Å²) in [4.78, 5) is 34.0. The van der Waals surface area contributed by atoms with Crippen molar-refractivity contribution in [3.8, 4) is 11.5 Å². The number of phenolic OH excluding ortho intramolecular Hbond substituents is 1. The summed E-state index contributed by atoms with van der Waals surface area (Å²) in [5.74, 6) is 1.30. The smallest absolute Gasteiger partial charge is 0.255 e. The highest BCUT2D eigenvalue weighted by Crippen LogP contribution is 2.24. The number of benzene rings is 4. The van der Waals surface area contributed by atoms with Crippen molar-refractivity contribution in [3.63, 3.8) is 0 Å². The zero-order valence-corrected chi connectivity index (χ0v) is 29.4. The van der Waals surface area contributed by atoms with Crippen molar-refractivity contribution in [2.45, 2.75) is 13.5 Å². The van der Waals surface area contributed by atoms with Crippen molar-refractivity contribution in [2.24, 2.45) is 9.98 Å². The van der Waals surface area contributed by atoms with Gasteiger partial charge in [0.2, 0.25) is 5.96 Å². The second-order valence-electron chi connectivity index (χ2n) is 11.2. The van der Waals surface area contributed by atoms with Crippen LogP contribution in [0.5, 0.6) is 11.5 Å². The third-order valence-corrected chi connectivity index (χ3v) is 7.23. The molecule has 0 aromatic heterocycles. The molecule has 0 aliphatic heterocycles. The van der Waals surface area contributed by atoms with E-state index in [9.17, 15) is 14.7 Å². The van der Waals surface area contributed by atoms with E-state index in [1.165, 1.54) is 7.11 Å². The average molecular weight is 708 g/mol. The average Bonchev–Trinajstić information content (AvgIpc) is 3.16. The molecule has 0 bridgehead atoms. The Morgan fingerprint density at radius 2 is 1.44 bits per heavy atom. The molecule has 0 saturated carbocycles. The molecular formula is C39H45N7O6. The number of carbonyl (C=O) groups is 2. The van der Waals surface area contributed by atoms with Crippen molar-refractivity contribution in [2.75, 3.05) is 57.3 Å². The maximum absolute atomic E-state index is 12.9. The van der Waals surface area contributed by atoms with Gasteiger partial charge in [-0.3, -0.25) is 14.6 Å². The second kappa shape index (κ2) is 21.1. The van der Waals surface area contributed by atoms with Gasteiger partial charge in [-0.05, 0) is 61.0 Å². The van der Waals surface area contributed by atoms with Crippen molar-refractivity contribution in [3.05, 3.63) is 132 Å². The lowest BCUT2D eigenvalue weighted by molar-refractivity contribution is 0.0512. The standard InChI is InChI=1S/C39H45N7O6/c1-28(40-20-22-51-24-25-52-23-21-41-37(48)31-12-8-5-9-13-31)44-39(46-32-14-17-34(47)18-15-32)45-29(2)43-33-16-19-35(36(26-33)50-3)38(49)42-27-30-10-6-4-7-11-30/h4-19,26,43,47H,2,20-25,27H2,1,3H3,(H,41,48)(H,42,49)(H2,40,44,45,46). The number of amides is 2. The molecule has 13 nitrogen and oxygen atoms in total. The summed E-state index contributed by atoms with van der Waals surface area (Å²) in [7, 11) is 1.50. The Morgan fingerprint density at radius 3 is 2.15 bits per heavy atom. The van der Waals surface area contributed by atoms with E-state index >= 15 is 0 Å². The van der Waals surface area contributed by atoms with Crippen LogP contribution in [-0.4, -0.2) is 75.3 Å². The van der Waals surface area contributed by atoms with Gasteiger partial charge in [-0.1, -0.05) is 55.1 Å². The molecule has 0 aliphatic rings. The lowest BCUT2D eigenvalue weighted by Crippen LogP contribution is -2.33. The number of aliphatic imine (C=N–C) groups is 2. The largest absolute Gasteiger partial charge is 0.508 e. The Bertz CT molecular complexity index is 1800. The first-order valence-electron chi connectivity index (χ1n) is 16.7. The van der Waals surface area contributed by atoms with Gasteiger partial charge in [-0.15, -0.1) is 0 Å². The number of methoxy groups -OCH3 is 1. The molecule has 0 unspecified atom stereocenters. The molecule has 13 heteroatoms. The molecular weight excluding hydrogens is 662 g/mol. The number of nitrogens with one attached hydrogen (secondary N) is 5. The Morgan fingerprint density at radius 1 is 0.769 bits per heavy atom. The fraction of sp³-hybridized carbons (Fsp3) is 0.231. The van der Waals surface area contributed by atoms with E-state index < -0.39 is 0 Å². The number of ether oxygens (including phenoxy) is 3. The van der Waals surface area contributed by atoms with Crippen LogP contribution in [0.4, 0.5) is 11.4 Å². The van der Waals surface area contributed by atoms with E-state index in [1.807, 2.05) is 48.5 Å². The van der Waals surface area contributed by atoms with Crippen molar-refractivity contribution in [1.29, 1.82) is 0 Å². The van der Waals surface area contributed by atoms with Gasteiger partial charge < -0.3 is 45.9 Å². The van der Waals surface area contributed by atoms with Crippen LogP contribution in [0, 0.1) is 0 Å². The first-order valence-corrected chi connectivity index (χ1v) is 16.7. The molecule has 2 amide bonds. The minimum Gasteiger partial charge on any atom is -0.508 e. The zero-order valence-electron chi connectivity index (χ0n) is 29.4. The van der Waals surface area contributed by atoms with Gasteiger partial charge in [0.1, 0.15) is 23.2 Å². The van der Waals surface area contributed by atoms with E-state index in [0.717, 1.165) is 5.56 Å². The predicted molar refractivity (Wildman–Crippen MR) is 204 cm³/mol.